The van der Waals surface area contributed by atoms with E-state index in [0.717, 1.165) is 0 Å². The van der Waals surface area contributed by atoms with E-state index in [0.29, 0.717) is 6.54 Å². The maximum atomic E-state index is 11.9. The monoisotopic (exact) mass is 258 g/mol. The molecule has 0 spiro atoms. The maximum absolute atomic E-state index is 11.9. The number of aliphatic hydroxyl groups excluding tert-OH is 1. The number of nitrogens with zero attached hydrogens (tertiary/aromatic N) is 1. The molecule has 18 heavy (non-hydrogen) atoms. The van der Waals surface area contributed by atoms with Crippen molar-refractivity contribution in [3.05, 3.63) is 12.7 Å². The van der Waals surface area contributed by atoms with Crippen LogP contribution in [0.4, 0.5) is 4.79 Å². The fraction of sp³-hybridized carbons (Fsp3) is 0.667. The summed E-state index contributed by atoms with van der Waals surface area (Å²) >= 11 is 0. The number of urea groups is 1. The molecule has 104 valence electrons. The fourth-order valence-electron chi connectivity index (χ4n) is 1.44. The summed E-state index contributed by atoms with van der Waals surface area (Å²) in [6.45, 7) is 7.57. The molecule has 1 atom stereocenters. The van der Waals surface area contributed by atoms with E-state index >= 15 is 0 Å². The number of hydrogen-bond acceptors (Lipinski definition) is 3. The zero-order valence-corrected chi connectivity index (χ0v) is 10.9. The molecule has 0 aliphatic heterocycles. The summed E-state index contributed by atoms with van der Waals surface area (Å²) in [5, 5.41) is 20.3. The van der Waals surface area contributed by atoms with Gasteiger partial charge in [-0.1, -0.05) is 19.9 Å². The molecule has 0 heterocycles. The Bertz CT molecular complexity index is 292. The zero-order chi connectivity index (χ0) is 14.1. The van der Waals surface area contributed by atoms with Gasteiger partial charge in [-0.15, -0.1) is 6.58 Å². The van der Waals surface area contributed by atoms with E-state index in [1.807, 2.05) is 13.8 Å². The number of nitrogens with one attached hydrogen (secondary N) is 1. The summed E-state index contributed by atoms with van der Waals surface area (Å²) in [5.41, 5.74) is 0. The number of rotatable bonds is 8. The lowest BCUT2D eigenvalue weighted by Crippen LogP contribution is -2.48. The molecule has 0 aromatic heterocycles. The van der Waals surface area contributed by atoms with Gasteiger partial charge >= 0.3 is 12.0 Å². The lowest BCUT2D eigenvalue weighted by atomic mass is 10.0. The number of carboxylic acid groups (broad SMARTS) is 1. The van der Waals surface area contributed by atoms with Crippen molar-refractivity contribution < 1.29 is 19.8 Å². The third kappa shape index (κ3) is 6.24. The van der Waals surface area contributed by atoms with Crippen LogP contribution in [0.2, 0.25) is 0 Å². The summed E-state index contributed by atoms with van der Waals surface area (Å²) in [7, 11) is 0. The molecule has 0 saturated carbocycles. The van der Waals surface area contributed by atoms with Gasteiger partial charge in [0.1, 0.15) is 0 Å². The van der Waals surface area contributed by atoms with Crippen molar-refractivity contribution in [1.29, 1.82) is 0 Å². The molecule has 0 aromatic carbocycles. The average Bonchev–Trinajstić information content (AvgIpc) is 2.27. The SMILES string of the molecule is C=CCN(CCO)C(=O)NC(CC(=O)O)C(C)C. The third-order valence-corrected chi connectivity index (χ3v) is 2.51. The average molecular weight is 258 g/mol. The molecular weight excluding hydrogens is 236 g/mol. The molecule has 0 aromatic rings. The van der Waals surface area contributed by atoms with Crippen molar-refractivity contribution in [2.45, 2.75) is 26.3 Å². The molecule has 0 aliphatic rings. The summed E-state index contributed by atoms with van der Waals surface area (Å²) in [6.07, 6.45) is 1.43. The van der Waals surface area contributed by atoms with Gasteiger partial charge in [0.25, 0.3) is 0 Å². The number of carbonyl (C=O) groups excluding carboxylic acids is 1. The van der Waals surface area contributed by atoms with Gasteiger partial charge in [-0.2, -0.15) is 0 Å². The molecular formula is C12H22N2O4. The van der Waals surface area contributed by atoms with E-state index in [4.69, 9.17) is 10.2 Å². The standard InChI is InChI=1S/C12H22N2O4/c1-4-5-14(6-7-15)12(18)13-10(9(2)3)8-11(16)17/h4,9-10,15H,1,5-8H2,2-3H3,(H,13,18)(H,16,17). The Kier molecular flexibility index (Phi) is 7.78. The highest BCUT2D eigenvalue weighted by molar-refractivity contribution is 5.76. The van der Waals surface area contributed by atoms with Gasteiger partial charge in [0.05, 0.1) is 13.0 Å². The maximum Gasteiger partial charge on any atom is 0.317 e. The van der Waals surface area contributed by atoms with Crippen molar-refractivity contribution in [2.75, 3.05) is 19.7 Å². The van der Waals surface area contributed by atoms with Gasteiger partial charge in [0.15, 0.2) is 0 Å². The van der Waals surface area contributed by atoms with Crippen molar-refractivity contribution >= 4 is 12.0 Å². The number of amides is 2. The van der Waals surface area contributed by atoms with Crippen molar-refractivity contribution in [3.8, 4) is 0 Å². The topological polar surface area (TPSA) is 89.9 Å². The Labute approximate surface area is 107 Å². The van der Waals surface area contributed by atoms with Gasteiger partial charge in [0, 0.05) is 19.1 Å². The largest absolute Gasteiger partial charge is 0.481 e. The molecule has 1 unspecified atom stereocenters. The van der Waals surface area contributed by atoms with Crippen LogP contribution in [0, 0.1) is 5.92 Å². The van der Waals surface area contributed by atoms with Crippen molar-refractivity contribution in [3.63, 3.8) is 0 Å². The molecule has 6 nitrogen and oxygen atoms in total. The van der Waals surface area contributed by atoms with Gasteiger partial charge in [-0.3, -0.25) is 4.79 Å². The molecule has 0 radical (unpaired) electrons. The van der Waals surface area contributed by atoms with E-state index in [2.05, 4.69) is 11.9 Å². The quantitative estimate of drug-likeness (QED) is 0.558. The summed E-state index contributed by atoms with van der Waals surface area (Å²) in [4.78, 5) is 24.0. The summed E-state index contributed by atoms with van der Waals surface area (Å²) in [5.74, 6) is -0.934. The van der Waals surface area contributed by atoms with Crippen LogP contribution < -0.4 is 5.32 Å². The third-order valence-electron chi connectivity index (χ3n) is 2.51. The Morgan fingerprint density at radius 3 is 2.44 bits per heavy atom. The van der Waals surface area contributed by atoms with Crippen molar-refractivity contribution in [2.24, 2.45) is 5.92 Å². The Hall–Kier alpha value is -1.56. The second kappa shape index (κ2) is 8.52. The fourth-order valence-corrected chi connectivity index (χ4v) is 1.44. The van der Waals surface area contributed by atoms with Crippen molar-refractivity contribution in [1.82, 2.24) is 10.2 Å². The summed E-state index contributed by atoms with van der Waals surface area (Å²) in [6, 6.07) is -0.815. The van der Waals surface area contributed by atoms with Crippen LogP contribution in [0.25, 0.3) is 0 Å². The van der Waals surface area contributed by atoms with E-state index in [9.17, 15) is 9.59 Å². The second-order valence-corrected chi connectivity index (χ2v) is 4.36. The minimum absolute atomic E-state index is 0.0183. The van der Waals surface area contributed by atoms with Gasteiger partial charge in [-0.05, 0) is 5.92 Å². The highest BCUT2D eigenvalue weighted by Crippen LogP contribution is 2.07. The van der Waals surface area contributed by atoms with Crippen LogP contribution in [0.3, 0.4) is 0 Å². The molecule has 3 N–H and O–H groups in total. The Morgan fingerprint density at radius 2 is 2.06 bits per heavy atom. The zero-order valence-electron chi connectivity index (χ0n) is 10.9. The summed E-state index contributed by atoms with van der Waals surface area (Å²) < 4.78 is 0. The minimum Gasteiger partial charge on any atom is -0.481 e. The van der Waals surface area contributed by atoms with Crippen LogP contribution in [0.5, 0.6) is 0 Å². The first kappa shape index (κ1) is 16.4. The van der Waals surface area contributed by atoms with Crippen LogP contribution in [-0.2, 0) is 4.79 Å². The lowest BCUT2D eigenvalue weighted by molar-refractivity contribution is -0.137. The van der Waals surface area contributed by atoms with Crippen LogP contribution >= 0.6 is 0 Å². The van der Waals surface area contributed by atoms with Gasteiger partial charge in [-0.25, -0.2) is 4.79 Å². The lowest BCUT2D eigenvalue weighted by Gasteiger charge is -2.26. The number of aliphatic hydroxyl groups is 1. The van der Waals surface area contributed by atoms with E-state index < -0.39 is 12.0 Å². The molecule has 0 fully saturated rings. The number of carbonyl (C=O) groups is 2. The highest BCUT2D eigenvalue weighted by atomic mass is 16.4. The molecule has 6 heteroatoms. The minimum atomic E-state index is -0.952. The first-order chi connectivity index (χ1) is 8.42. The molecule has 0 saturated heterocycles. The second-order valence-electron chi connectivity index (χ2n) is 4.36. The predicted molar refractivity (Wildman–Crippen MR) is 68.3 cm³/mol. The van der Waals surface area contributed by atoms with E-state index in [1.54, 1.807) is 6.08 Å². The Morgan fingerprint density at radius 1 is 1.44 bits per heavy atom. The van der Waals surface area contributed by atoms with E-state index in [-0.39, 0.29) is 31.5 Å². The Balaban J connectivity index is 4.53. The molecule has 0 aliphatic carbocycles. The van der Waals surface area contributed by atoms with Gasteiger partial charge < -0.3 is 20.4 Å². The van der Waals surface area contributed by atoms with Gasteiger partial charge in [0.2, 0.25) is 0 Å². The van der Waals surface area contributed by atoms with E-state index in [1.165, 1.54) is 4.90 Å². The predicted octanol–water partition coefficient (Wildman–Crippen LogP) is 0.676. The molecule has 0 bridgehead atoms. The number of hydrogen-bond donors (Lipinski definition) is 3. The van der Waals surface area contributed by atoms with Crippen LogP contribution in [0.1, 0.15) is 20.3 Å². The molecule has 2 amide bonds. The smallest absolute Gasteiger partial charge is 0.317 e. The number of carboxylic acids is 1. The first-order valence-electron chi connectivity index (χ1n) is 5.91. The van der Waals surface area contributed by atoms with Crippen LogP contribution in [-0.4, -0.2) is 52.9 Å². The first-order valence-corrected chi connectivity index (χ1v) is 5.91. The van der Waals surface area contributed by atoms with Crippen LogP contribution in [0.15, 0.2) is 12.7 Å². The molecule has 0 rings (SSSR count). The normalized spacial score (nSPS) is 12.0. The highest BCUT2D eigenvalue weighted by Gasteiger charge is 2.21. The number of aliphatic carboxylic acids is 1.